The summed E-state index contributed by atoms with van der Waals surface area (Å²) in [6.45, 7) is 2.09. The lowest BCUT2D eigenvalue weighted by molar-refractivity contribution is 0.873. The highest BCUT2D eigenvalue weighted by Crippen LogP contribution is 2.22. The van der Waals surface area contributed by atoms with Gasteiger partial charge in [0.2, 0.25) is 5.13 Å². The first-order chi connectivity index (χ1) is 7.65. The average Bonchev–Trinajstić information content (AvgIpc) is 2.65. The van der Waals surface area contributed by atoms with Crippen molar-refractivity contribution in [3.05, 3.63) is 38.3 Å². The molecule has 0 amide bonds. The summed E-state index contributed by atoms with van der Waals surface area (Å²) in [6.07, 6.45) is 0. The maximum atomic E-state index is 4.97. The first-order valence-electron chi connectivity index (χ1n) is 4.72. The second-order valence-electron chi connectivity index (χ2n) is 3.34. The molecule has 3 nitrogen and oxygen atoms in total. The number of aromatic amines is 1. The highest BCUT2D eigenvalue weighted by Gasteiger charge is 2.06. The molecule has 0 radical (unpaired) electrons. The molecule has 1 unspecified atom stereocenters. The van der Waals surface area contributed by atoms with Gasteiger partial charge in [-0.2, -0.15) is 0 Å². The Bertz CT molecular complexity index is 517. The lowest BCUT2D eigenvalue weighted by Gasteiger charge is -2.12. The summed E-state index contributed by atoms with van der Waals surface area (Å²) in [4.78, 5) is 0. The van der Waals surface area contributed by atoms with E-state index in [4.69, 9.17) is 12.2 Å². The highest BCUT2D eigenvalue weighted by atomic mass is 79.9. The fourth-order valence-electron chi connectivity index (χ4n) is 1.31. The Morgan fingerprint density at radius 1 is 1.44 bits per heavy atom. The summed E-state index contributed by atoms with van der Waals surface area (Å²) in [5.74, 6) is 0. The normalized spacial score (nSPS) is 12.4. The highest BCUT2D eigenvalue weighted by molar-refractivity contribution is 9.10. The summed E-state index contributed by atoms with van der Waals surface area (Å²) in [6, 6.07) is 8.42. The minimum atomic E-state index is 0.210. The Balaban J connectivity index is 2.11. The van der Waals surface area contributed by atoms with Crippen molar-refractivity contribution < 1.29 is 0 Å². The first-order valence-corrected chi connectivity index (χ1v) is 6.74. The molecule has 1 aromatic heterocycles. The predicted octanol–water partition coefficient (Wildman–Crippen LogP) is 4.14. The quantitative estimate of drug-likeness (QED) is 0.836. The van der Waals surface area contributed by atoms with Crippen molar-refractivity contribution in [2.24, 2.45) is 0 Å². The lowest BCUT2D eigenvalue weighted by atomic mass is 10.1. The summed E-state index contributed by atoms with van der Waals surface area (Å²) in [5, 5.41) is 10.9. The van der Waals surface area contributed by atoms with Crippen LogP contribution in [0.25, 0.3) is 0 Å². The third-order valence-electron chi connectivity index (χ3n) is 2.15. The van der Waals surface area contributed by atoms with Crippen LogP contribution in [0.4, 0.5) is 5.13 Å². The van der Waals surface area contributed by atoms with Gasteiger partial charge in [0.25, 0.3) is 0 Å². The number of benzene rings is 1. The van der Waals surface area contributed by atoms with Crippen molar-refractivity contribution in [3.8, 4) is 0 Å². The van der Waals surface area contributed by atoms with Gasteiger partial charge in [-0.3, -0.25) is 5.10 Å². The van der Waals surface area contributed by atoms with E-state index in [2.05, 4.69) is 50.5 Å². The minimum Gasteiger partial charge on any atom is -0.354 e. The summed E-state index contributed by atoms with van der Waals surface area (Å²) in [5.41, 5.74) is 1.21. The zero-order chi connectivity index (χ0) is 11.5. The number of halogens is 1. The number of hydrogen-bond donors (Lipinski definition) is 2. The van der Waals surface area contributed by atoms with Gasteiger partial charge in [0.05, 0.1) is 6.04 Å². The second kappa shape index (κ2) is 5.07. The molecular weight excluding hydrogens is 306 g/mol. The van der Waals surface area contributed by atoms with Gasteiger partial charge in [0.15, 0.2) is 3.95 Å². The van der Waals surface area contributed by atoms with Gasteiger partial charge in [0, 0.05) is 4.47 Å². The van der Waals surface area contributed by atoms with Gasteiger partial charge in [-0.25, -0.2) is 0 Å². The van der Waals surface area contributed by atoms with E-state index in [0.29, 0.717) is 3.95 Å². The number of H-pyrrole nitrogens is 1. The Labute approximate surface area is 111 Å². The van der Waals surface area contributed by atoms with Crippen LogP contribution in [0.15, 0.2) is 28.7 Å². The van der Waals surface area contributed by atoms with Gasteiger partial charge in [-0.15, -0.1) is 5.10 Å². The largest absolute Gasteiger partial charge is 0.354 e. The molecular formula is C10H10BrN3S2. The summed E-state index contributed by atoms with van der Waals surface area (Å²) >= 11 is 9.83. The van der Waals surface area contributed by atoms with Crippen LogP contribution in [0.5, 0.6) is 0 Å². The predicted molar refractivity (Wildman–Crippen MR) is 73.5 cm³/mol. The molecule has 0 fully saturated rings. The van der Waals surface area contributed by atoms with Crippen LogP contribution in [0, 0.1) is 3.95 Å². The zero-order valence-electron chi connectivity index (χ0n) is 8.53. The van der Waals surface area contributed by atoms with Gasteiger partial charge in [-0.1, -0.05) is 39.4 Å². The maximum Gasteiger partial charge on any atom is 0.204 e. The van der Waals surface area contributed by atoms with Crippen LogP contribution >= 0.6 is 39.5 Å². The zero-order valence-corrected chi connectivity index (χ0v) is 11.7. The third-order valence-corrected chi connectivity index (χ3v) is 3.70. The monoisotopic (exact) mass is 315 g/mol. The smallest absolute Gasteiger partial charge is 0.204 e. The third kappa shape index (κ3) is 2.90. The van der Waals surface area contributed by atoms with E-state index in [1.165, 1.54) is 16.9 Å². The Morgan fingerprint density at radius 3 is 2.69 bits per heavy atom. The van der Waals surface area contributed by atoms with E-state index < -0.39 is 0 Å². The first kappa shape index (κ1) is 11.8. The van der Waals surface area contributed by atoms with Gasteiger partial charge in [0.1, 0.15) is 0 Å². The van der Waals surface area contributed by atoms with Crippen LogP contribution in [-0.4, -0.2) is 10.2 Å². The van der Waals surface area contributed by atoms with E-state index >= 15 is 0 Å². The maximum absolute atomic E-state index is 4.97. The van der Waals surface area contributed by atoms with Crippen molar-refractivity contribution in [1.29, 1.82) is 0 Å². The lowest BCUT2D eigenvalue weighted by Crippen LogP contribution is -2.05. The minimum absolute atomic E-state index is 0.210. The summed E-state index contributed by atoms with van der Waals surface area (Å²) in [7, 11) is 0. The molecule has 1 atom stereocenters. The number of anilines is 1. The molecule has 1 heterocycles. The van der Waals surface area contributed by atoms with E-state index in [-0.39, 0.29) is 6.04 Å². The van der Waals surface area contributed by atoms with Crippen LogP contribution in [0.3, 0.4) is 0 Å². The Morgan fingerprint density at radius 2 is 2.12 bits per heavy atom. The molecule has 0 saturated carbocycles. The molecule has 6 heteroatoms. The van der Waals surface area contributed by atoms with E-state index in [0.717, 1.165) is 9.60 Å². The Hall–Kier alpha value is -0.720. The number of hydrogen-bond acceptors (Lipinski definition) is 4. The SMILES string of the molecule is CC(Nc1n[nH]c(=S)s1)c1ccc(Br)cc1. The Kier molecular flexibility index (Phi) is 3.73. The molecule has 0 aliphatic carbocycles. The summed E-state index contributed by atoms with van der Waals surface area (Å²) < 4.78 is 1.77. The van der Waals surface area contributed by atoms with Crippen molar-refractivity contribution in [2.45, 2.75) is 13.0 Å². The number of rotatable bonds is 3. The standard InChI is InChI=1S/C10H10BrN3S2/c1-6(7-2-4-8(11)5-3-7)12-9-13-14-10(15)16-9/h2-6H,1H3,(H,12,13)(H,14,15). The van der Waals surface area contributed by atoms with Crippen molar-refractivity contribution >= 4 is 44.6 Å². The van der Waals surface area contributed by atoms with Crippen molar-refractivity contribution in [1.82, 2.24) is 10.2 Å². The van der Waals surface area contributed by atoms with Crippen LogP contribution in [0.2, 0.25) is 0 Å². The topological polar surface area (TPSA) is 40.7 Å². The fraction of sp³-hybridized carbons (Fsp3) is 0.200. The molecule has 0 aliphatic heterocycles. The van der Waals surface area contributed by atoms with Crippen LogP contribution in [0.1, 0.15) is 18.5 Å². The number of nitrogens with one attached hydrogen (secondary N) is 2. The van der Waals surface area contributed by atoms with Crippen molar-refractivity contribution in [3.63, 3.8) is 0 Å². The van der Waals surface area contributed by atoms with E-state index in [1.54, 1.807) is 0 Å². The molecule has 2 aromatic rings. The molecule has 2 rings (SSSR count). The molecule has 0 spiro atoms. The van der Waals surface area contributed by atoms with Gasteiger partial charge < -0.3 is 5.32 Å². The van der Waals surface area contributed by atoms with E-state index in [9.17, 15) is 0 Å². The van der Waals surface area contributed by atoms with Crippen molar-refractivity contribution in [2.75, 3.05) is 5.32 Å². The molecule has 0 aliphatic rings. The van der Waals surface area contributed by atoms with Crippen LogP contribution in [-0.2, 0) is 0 Å². The number of aromatic nitrogens is 2. The average molecular weight is 316 g/mol. The molecule has 2 N–H and O–H groups in total. The number of nitrogens with zero attached hydrogens (tertiary/aromatic N) is 1. The molecule has 0 bridgehead atoms. The molecule has 0 saturated heterocycles. The van der Waals surface area contributed by atoms with Crippen LogP contribution < -0.4 is 5.32 Å². The van der Waals surface area contributed by atoms with E-state index in [1.807, 2.05) is 12.1 Å². The molecule has 16 heavy (non-hydrogen) atoms. The molecule has 1 aromatic carbocycles. The fourth-order valence-corrected chi connectivity index (χ4v) is 2.45. The van der Waals surface area contributed by atoms with Gasteiger partial charge >= 0.3 is 0 Å². The second-order valence-corrected chi connectivity index (χ2v) is 5.92. The molecule has 84 valence electrons. The van der Waals surface area contributed by atoms with Gasteiger partial charge in [-0.05, 0) is 36.8 Å².